The third-order valence-corrected chi connectivity index (χ3v) is 6.13. The van der Waals surface area contributed by atoms with Gasteiger partial charge in [-0.1, -0.05) is 29.3 Å². The lowest BCUT2D eigenvalue weighted by Crippen LogP contribution is -2.13. The largest absolute Gasteiger partial charge is 0.494 e. The van der Waals surface area contributed by atoms with Crippen molar-refractivity contribution in [3.05, 3.63) is 85.8 Å². The van der Waals surface area contributed by atoms with Crippen molar-refractivity contribution in [1.82, 2.24) is 0 Å². The van der Waals surface area contributed by atoms with Crippen LogP contribution in [0.3, 0.4) is 0 Å². The van der Waals surface area contributed by atoms with Gasteiger partial charge in [-0.3, -0.25) is 4.79 Å². The van der Waals surface area contributed by atoms with E-state index in [1.807, 2.05) is 26.0 Å². The summed E-state index contributed by atoms with van der Waals surface area (Å²) in [4.78, 5) is 12.7. The smallest absolute Gasteiger partial charge is 0.266 e. The first-order chi connectivity index (χ1) is 17.3. The van der Waals surface area contributed by atoms with Crippen LogP contribution in [0.4, 0.5) is 5.69 Å². The van der Waals surface area contributed by atoms with E-state index in [9.17, 15) is 10.1 Å². The highest BCUT2D eigenvalue weighted by molar-refractivity contribution is 9.10. The molecule has 0 atom stereocenters. The number of nitrogens with one attached hydrogen (secondary N) is 1. The Kier molecular flexibility index (Phi) is 10.1. The summed E-state index contributed by atoms with van der Waals surface area (Å²) in [6.45, 7) is 4.92. The van der Waals surface area contributed by atoms with Crippen molar-refractivity contribution >= 4 is 56.8 Å². The van der Waals surface area contributed by atoms with E-state index in [0.717, 1.165) is 5.56 Å². The Morgan fingerprint density at radius 3 is 2.36 bits per heavy atom. The topological polar surface area (TPSA) is 80.6 Å². The number of amides is 1. The van der Waals surface area contributed by atoms with Crippen LogP contribution in [-0.4, -0.2) is 19.1 Å². The van der Waals surface area contributed by atoms with Gasteiger partial charge in [-0.25, -0.2) is 0 Å². The molecule has 0 heterocycles. The van der Waals surface area contributed by atoms with Gasteiger partial charge in [-0.05, 0) is 95.5 Å². The number of carbonyl (C=O) groups excluding carboxylic acids is 1. The lowest BCUT2D eigenvalue weighted by Gasteiger charge is -2.15. The molecule has 0 fully saturated rings. The second-order valence-electron chi connectivity index (χ2n) is 7.38. The van der Waals surface area contributed by atoms with Gasteiger partial charge >= 0.3 is 0 Å². The van der Waals surface area contributed by atoms with Crippen LogP contribution in [0.1, 0.15) is 25.0 Å². The standard InChI is InChI=1S/C27H23BrCl2N2O4/c1-3-34-21-8-6-20(7-9-21)32-27(33)19(15-31)11-18-12-22(28)26(25(14-18)35-4-2)36-16-17-5-10-23(29)24(30)13-17/h5-14H,3-4,16H2,1-2H3,(H,32,33)/b19-11-. The van der Waals surface area contributed by atoms with E-state index < -0.39 is 5.91 Å². The van der Waals surface area contributed by atoms with Gasteiger partial charge in [0, 0.05) is 5.69 Å². The minimum absolute atomic E-state index is 0.0669. The van der Waals surface area contributed by atoms with Gasteiger partial charge < -0.3 is 19.5 Å². The predicted molar refractivity (Wildman–Crippen MR) is 146 cm³/mol. The van der Waals surface area contributed by atoms with Gasteiger partial charge in [0.05, 0.1) is 27.7 Å². The molecule has 3 rings (SSSR count). The molecule has 0 bridgehead atoms. The van der Waals surface area contributed by atoms with Crippen LogP contribution >= 0.6 is 39.1 Å². The van der Waals surface area contributed by atoms with Crippen molar-refractivity contribution in [3.63, 3.8) is 0 Å². The minimum atomic E-state index is -0.532. The third kappa shape index (κ3) is 7.41. The molecule has 186 valence electrons. The number of anilines is 1. The van der Waals surface area contributed by atoms with Gasteiger partial charge in [-0.2, -0.15) is 5.26 Å². The molecule has 0 aliphatic rings. The molecule has 0 aliphatic carbocycles. The Bertz CT molecular complexity index is 1300. The third-order valence-electron chi connectivity index (χ3n) is 4.80. The Hall–Kier alpha value is -3.18. The van der Waals surface area contributed by atoms with E-state index in [-0.39, 0.29) is 12.2 Å². The number of nitriles is 1. The number of benzene rings is 3. The number of hydrogen-bond acceptors (Lipinski definition) is 5. The fourth-order valence-corrected chi connectivity index (χ4v) is 4.07. The van der Waals surface area contributed by atoms with Crippen LogP contribution in [0, 0.1) is 11.3 Å². The first-order valence-corrected chi connectivity index (χ1v) is 12.6. The van der Waals surface area contributed by atoms with Crippen molar-refractivity contribution in [2.24, 2.45) is 0 Å². The quantitative estimate of drug-likeness (QED) is 0.194. The summed E-state index contributed by atoms with van der Waals surface area (Å²) < 4.78 is 17.8. The Morgan fingerprint density at radius 2 is 1.72 bits per heavy atom. The fourth-order valence-electron chi connectivity index (χ4n) is 3.17. The summed E-state index contributed by atoms with van der Waals surface area (Å²) in [6.07, 6.45) is 1.49. The second kappa shape index (κ2) is 13.2. The lowest BCUT2D eigenvalue weighted by molar-refractivity contribution is -0.112. The first-order valence-electron chi connectivity index (χ1n) is 11.0. The SMILES string of the molecule is CCOc1ccc(NC(=O)/C(C#N)=C\c2cc(Br)c(OCc3ccc(Cl)c(Cl)c3)c(OCC)c2)cc1. The maximum absolute atomic E-state index is 12.7. The highest BCUT2D eigenvalue weighted by Gasteiger charge is 2.15. The van der Waals surface area contributed by atoms with Crippen molar-refractivity contribution < 1.29 is 19.0 Å². The zero-order valence-corrected chi connectivity index (χ0v) is 22.7. The second-order valence-corrected chi connectivity index (χ2v) is 9.05. The molecule has 0 aromatic heterocycles. The number of rotatable bonds is 10. The van der Waals surface area contributed by atoms with Crippen molar-refractivity contribution in [2.45, 2.75) is 20.5 Å². The summed E-state index contributed by atoms with van der Waals surface area (Å²) in [5.41, 5.74) is 1.90. The summed E-state index contributed by atoms with van der Waals surface area (Å²) in [5.74, 6) is 1.11. The molecule has 9 heteroatoms. The van der Waals surface area contributed by atoms with Crippen molar-refractivity contribution in [3.8, 4) is 23.3 Å². The number of halogens is 3. The predicted octanol–water partition coefficient (Wildman–Crippen LogP) is 7.68. The highest BCUT2D eigenvalue weighted by atomic mass is 79.9. The Morgan fingerprint density at radius 1 is 1.00 bits per heavy atom. The van der Waals surface area contributed by atoms with E-state index in [0.29, 0.717) is 56.2 Å². The first kappa shape index (κ1) is 27.4. The zero-order valence-electron chi connectivity index (χ0n) is 19.6. The van der Waals surface area contributed by atoms with E-state index in [4.69, 9.17) is 37.4 Å². The molecule has 0 aliphatic heterocycles. The van der Waals surface area contributed by atoms with Gasteiger partial charge in [0.1, 0.15) is 24.0 Å². The molecule has 0 saturated heterocycles. The molecule has 0 saturated carbocycles. The Balaban J connectivity index is 1.80. The van der Waals surface area contributed by atoms with Crippen LogP contribution in [0.15, 0.2) is 64.6 Å². The minimum Gasteiger partial charge on any atom is -0.494 e. The van der Waals surface area contributed by atoms with Gasteiger partial charge in [0.15, 0.2) is 11.5 Å². The number of carbonyl (C=O) groups is 1. The number of ether oxygens (including phenoxy) is 3. The summed E-state index contributed by atoms with van der Waals surface area (Å²) in [6, 6.07) is 17.6. The molecular weight excluding hydrogens is 567 g/mol. The van der Waals surface area contributed by atoms with Crippen LogP contribution in [0.25, 0.3) is 6.08 Å². The average Bonchev–Trinajstić information content (AvgIpc) is 2.85. The highest BCUT2D eigenvalue weighted by Crippen LogP contribution is 2.38. The van der Waals surface area contributed by atoms with Crippen molar-refractivity contribution in [1.29, 1.82) is 5.26 Å². The summed E-state index contributed by atoms with van der Waals surface area (Å²) in [5, 5.41) is 13.2. The summed E-state index contributed by atoms with van der Waals surface area (Å²) in [7, 11) is 0. The van der Waals surface area contributed by atoms with E-state index in [2.05, 4.69) is 21.2 Å². The number of hydrogen-bond donors (Lipinski definition) is 1. The lowest BCUT2D eigenvalue weighted by atomic mass is 10.1. The molecule has 0 radical (unpaired) electrons. The van der Waals surface area contributed by atoms with E-state index in [1.54, 1.807) is 48.5 Å². The van der Waals surface area contributed by atoms with E-state index in [1.165, 1.54) is 6.08 Å². The Labute approximate surface area is 228 Å². The monoisotopic (exact) mass is 588 g/mol. The maximum atomic E-state index is 12.7. The van der Waals surface area contributed by atoms with Crippen LogP contribution in [-0.2, 0) is 11.4 Å². The molecule has 3 aromatic rings. The molecular formula is C27H23BrCl2N2O4. The maximum Gasteiger partial charge on any atom is 0.266 e. The zero-order chi connectivity index (χ0) is 26.1. The van der Waals surface area contributed by atoms with Gasteiger partial charge in [-0.15, -0.1) is 0 Å². The number of nitrogens with zero attached hydrogens (tertiary/aromatic N) is 1. The van der Waals surface area contributed by atoms with Crippen LogP contribution in [0.5, 0.6) is 17.2 Å². The average molecular weight is 590 g/mol. The van der Waals surface area contributed by atoms with Crippen LogP contribution in [0.2, 0.25) is 10.0 Å². The normalized spacial score (nSPS) is 10.9. The molecule has 0 spiro atoms. The molecule has 6 nitrogen and oxygen atoms in total. The molecule has 3 aromatic carbocycles. The van der Waals surface area contributed by atoms with Gasteiger partial charge in [0.25, 0.3) is 5.91 Å². The summed E-state index contributed by atoms with van der Waals surface area (Å²) >= 11 is 15.6. The van der Waals surface area contributed by atoms with E-state index >= 15 is 0 Å². The molecule has 36 heavy (non-hydrogen) atoms. The van der Waals surface area contributed by atoms with Gasteiger partial charge in [0.2, 0.25) is 0 Å². The molecule has 1 N–H and O–H groups in total. The van der Waals surface area contributed by atoms with Crippen LogP contribution < -0.4 is 19.5 Å². The molecule has 0 unspecified atom stereocenters. The fraction of sp³-hybridized carbons (Fsp3) is 0.185. The molecule has 1 amide bonds. The van der Waals surface area contributed by atoms with Crippen molar-refractivity contribution in [2.75, 3.05) is 18.5 Å².